The normalized spacial score (nSPS) is 10.7. The number of rotatable bonds is 5. The molecule has 6 heteroatoms. The lowest BCUT2D eigenvalue weighted by Gasteiger charge is -2.19. The van der Waals surface area contributed by atoms with Crippen LogP contribution in [0.15, 0.2) is 53.4 Å². The molecule has 0 aliphatic carbocycles. The molecular weight excluding hydrogens is 370 g/mol. The number of aromatic nitrogens is 1. The first-order valence-corrected chi connectivity index (χ1v) is 10.2. The minimum absolute atomic E-state index is 0.0349. The average molecular weight is 394 g/mol. The minimum Gasteiger partial charge on any atom is -0.332 e. The molecule has 3 aromatic rings. The molecule has 5 nitrogen and oxygen atoms in total. The van der Waals surface area contributed by atoms with Gasteiger partial charge < -0.3 is 10.2 Å². The van der Waals surface area contributed by atoms with Crippen molar-refractivity contribution in [3.8, 4) is 0 Å². The maximum Gasteiger partial charge on any atom is 0.255 e. The van der Waals surface area contributed by atoms with Gasteiger partial charge in [-0.2, -0.15) is 0 Å². The van der Waals surface area contributed by atoms with E-state index < -0.39 is 0 Å². The SMILES string of the molecule is CSc1ccccc1NC(=O)CN(C)C(=O)c1cc2cc(C)ccc2nc1C. The first-order valence-electron chi connectivity index (χ1n) is 8.95. The quantitative estimate of drug-likeness (QED) is 0.657. The van der Waals surface area contributed by atoms with Gasteiger partial charge in [0.1, 0.15) is 0 Å². The third-order valence-corrected chi connectivity index (χ3v) is 5.30. The van der Waals surface area contributed by atoms with Gasteiger partial charge in [0, 0.05) is 17.3 Å². The zero-order valence-electron chi connectivity index (χ0n) is 16.4. The second-order valence-corrected chi connectivity index (χ2v) is 7.58. The standard InChI is InChI=1S/C22H23N3O2S/c1-14-9-10-18-16(11-14)12-17(15(2)23-18)22(27)25(3)13-21(26)24-19-7-5-6-8-20(19)28-4/h5-12H,13H2,1-4H3,(H,24,26). The van der Waals surface area contributed by atoms with Gasteiger partial charge in [0.2, 0.25) is 5.91 Å². The first-order chi connectivity index (χ1) is 13.4. The molecule has 0 bridgehead atoms. The molecule has 0 saturated carbocycles. The fourth-order valence-corrected chi connectivity index (χ4v) is 3.59. The molecule has 2 amide bonds. The van der Waals surface area contributed by atoms with Crippen LogP contribution in [0.4, 0.5) is 5.69 Å². The number of carbonyl (C=O) groups excluding carboxylic acids is 2. The number of benzene rings is 2. The van der Waals surface area contributed by atoms with E-state index in [9.17, 15) is 9.59 Å². The Hall–Kier alpha value is -2.86. The molecule has 144 valence electrons. The maximum atomic E-state index is 12.9. The van der Waals surface area contributed by atoms with Gasteiger partial charge in [0.05, 0.1) is 29.0 Å². The van der Waals surface area contributed by atoms with E-state index in [1.165, 1.54) is 4.90 Å². The highest BCUT2D eigenvalue weighted by Crippen LogP contribution is 2.24. The number of carbonyl (C=O) groups is 2. The molecule has 1 aromatic heterocycles. The zero-order valence-corrected chi connectivity index (χ0v) is 17.3. The molecule has 0 unspecified atom stereocenters. The number of nitrogens with zero attached hydrogens (tertiary/aromatic N) is 2. The number of para-hydroxylation sites is 1. The second-order valence-electron chi connectivity index (χ2n) is 6.73. The van der Waals surface area contributed by atoms with Crippen LogP contribution in [0, 0.1) is 13.8 Å². The van der Waals surface area contributed by atoms with Gasteiger partial charge in [0.25, 0.3) is 5.91 Å². The summed E-state index contributed by atoms with van der Waals surface area (Å²) < 4.78 is 0. The van der Waals surface area contributed by atoms with Crippen LogP contribution in [0.5, 0.6) is 0 Å². The maximum absolute atomic E-state index is 12.9. The fraction of sp³-hybridized carbons (Fsp3) is 0.227. The van der Waals surface area contributed by atoms with Crippen molar-refractivity contribution in [2.24, 2.45) is 0 Å². The Kier molecular flexibility index (Phi) is 5.99. The number of aryl methyl sites for hydroxylation is 2. The zero-order chi connectivity index (χ0) is 20.3. The molecule has 0 fully saturated rings. The Morgan fingerprint density at radius 2 is 1.86 bits per heavy atom. The number of hydrogen-bond acceptors (Lipinski definition) is 4. The first kappa shape index (κ1) is 19.9. The van der Waals surface area contributed by atoms with E-state index in [2.05, 4.69) is 10.3 Å². The summed E-state index contributed by atoms with van der Waals surface area (Å²) in [6.45, 7) is 3.78. The van der Waals surface area contributed by atoms with E-state index in [0.29, 0.717) is 11.3 Å². The summed E-state index contributed by atoms with van der Waals surface area (Å²) in [6.07, 6.45) is 1.96. The van der Waals surface area contributed by atoms with E-state index >= 15 is 0 Å². The summed E-state index contributed by atoms with van der Waals surface area (Å²) in [6, 6.07) is 15.4. The molecule has 0 aliphatic rings. The molecule has 0 saturated heterocycles. The molecule has 0 atom stereocenters. The van der Waals surface area contributed by atoms with Crippen molar-refractivity contribution in [1.82, 2.24) is 9.88 Å². The molecule has 28 heavy (non-hydrogen) atoms. The summed E-state index contributed by atoms with van der Waals surface area (Å²) >= 11 is 1.56. The smallest absolute Gasteiger partial charge is 0.255 e. The molecular formula is C22H23N3O2S. The van der Waals surface area contributed by atoms with E-state index in [0.717, 1.165) is 27.0 Å². The van der Waals surface area contributed by atoms with Crippen molar-refractivity contribution in [3.63, 3.8) is 0 Å². The number of amides is 2. The van der Waals surface area contributed by atoms with Crippen LogP contribution in [-0.2, 0) is 4.79 Å². The van der Waals surface area contributed by atoms with Crippen molar-refractivity contribution in [2.45, 2.75) is 18.7 Å². The molecule has 3 rings (SSSR count). The predicted octanol–water partition coefficient (Wildman–Crippen LogP) is 4.28. The van der Waals surface area contributed by atoms with Gasteiger partial charge in [-0.1, -0.05) is 23.8 Å². The van der Waals surface area contributed by atoms with Crippen LogP contribution in [0.1, 0.15) is 21.6 Å². The summed E-state index contributed by atoms with van der Waals surface area (Å²) in [5.41, 5.74) is 3.88. The Labute approximate surface area is 169 Å². The van der Waals surface area contributed by atoms with Gasteiger partial charge in [-0.3, -0.25) is 14.6 Å². The minimum atomic E-state index is -0.236. The summed E-state index contributed by atoms with van der Waals surface area (Å²) in [4.78, 5) is 32.3. The predicted molar refractivity (Wildman–Crippen MR) is 115 cm³/mol. The van der Waals surface area contributed by atoms with E-state index in [-0.39, 0.29) is 18.4 Å². The monoisotopic (exact) mass is 393 g/mol. The van der Waals surface area contributed by atoms with Crippen molar-refractivity contribution in [3.05, 3.63) is 65.4 Å². The number of pyridine rings is 1. The number of thioether (sulfide) groups is 1. The Morgan fingerprint density at radius 1 is 1.11 bits per heavy atom. The van der Waals surface area contributed by atoms with E-state index in [1.54, 1.807) is 18.8 Å². The number of hydrogen-bond donors (Lipinski definition) is 1. The number of fused-ring (bicyclic) bond motifs is 1. The van der Waals surface area contributed by atoms with Crippen LogP contribution >= 0.6 is 11.8 Å². The lowest BCUT2D eigenvalue weighted by molar-refractivity contribution is -0.116. The molecule has 1 N–H and O–H groups in total. The highest BCUT2D eigenvalue weighted by atomic mass is 32.2. The molecule has 0 aliphatic heterocycles. The fourth-order valence-electron chi connectivity index (χ4n) is 3.04. The lowest BCUT2D eigenvalue weighted by Crippen LogP contribution is -2.35. The number of likely N-dealkylation sites (N-methyl/N-ethyl adjacent to an activating group) is 1. The average Bonchev–Trinajstić information content (AvgIpc) is 2.67. The number of nitrogens with one attached hydrogen (secondary N) is 1. The Bertz CT molecular complexity index is 1050. The largest absolute Gasteiger partial charge is 0.332 e. The van der Waals surface area contributed by atoms with E-state index in [1.807, 2.05) is 68.6 Å². The summed E-state index contributed by atoms with van der Waals surface area (Å²) in [7, 11) is 1.63. The van der Waals surface area contributed by atoms with Crippen LogP contribution in [0.3, 0.4) is 0 Å². The number of anilines is 1. The van der Waals surface area contributed by atoms with Gasteiger partial charge in [-0.15, -0.1) is 11.8 Å². The van der Waals surface area contributed by atoms with Crippen molar-refractivity contribution in [1.29, 1.82) is 0 Å². The van der Waals surface area contributed by atoms with Crippen molar-refractivity contribution < 1.29 is 9.59 Å². The van der Waals surface area contributed by atoms with Gasteiger partial charge in [-0.25, -0.2) is 0 Å². The topological polar surface area (TPSA) is 62.3 Å². The third kappa shape index (κ3) is 4.34. The van der Waals surface area contributed by atoms with Gasteiger partial charge >= 0.3 is 0 Å². The molecule has 0 spiro atoms. The summed E-state index contributed by atoms with van der Waals surface area (Å²) in [5.74, 6) is -0.457. The molecule has 2 aromatic carbocycles. The highest BCUT2D eigenvalue weighted by Gasteiger charge is 2.19. The molecule has 0 radical (unpaired) electrons. The van der Waals surface area contributed by atoms with Crippen molar-refractivity contribution in [2.75, 3.05) is 25.2 Å². The van der Waals surface area contributed by atoms with Crippen LogP contribution in [-0.4, -0.2) is 41.5 Å². The van der Waals surface area contributed by atoms with Gasteiger partial charge in [-0.05, 0) is 50.4 Å². The highest BCUT2D eigenvalue weighted by molar-refractivity contribution is 7.98. The Balaban J connectivity index is 1.76. The summed E-state index contributed by atoms with van der Waals surface area (Å²) in [5, 5.41) is 3.80. The second kappa shape index (κ2) is 8.44. The lowest BCUT2D eigenvalue weighted by atomic mass is 10.1. The van der Waals surface area contributed by atoms with Gasteiger partial charge in [0.15, 0.2) is 0 Å². The Morgan fingerprint density at radius 3 is 2.61 bits per heavy atom. The van der Waals surface area contributed by atoms with Crippen LogP contribution in [0.25, 0.3) is 10.9 Å². The van der Waals surface area contributed by atoms with Crippen LogP contribution < -0.4 is 5.32 Å². The third-order valence-electron chi connectivity index (χ3n) is 4.50. The van der Waals surface area contributed by atoms with Crippen molar-refractivity contribution >= 4 is 40.2 Å². The van der Waals surface area contributed by atoms with E-state index in [4.69, 9.17) is 0 Å². The molecule has 1 heterocycles. The van der Waals surface area contributed by atoms with Crippen LogP contribution in [0.2, 0.25) is 0 Å².